The molecule has 0 bridgehead atoms. The van der Waals surface area contributed by atoms with Crippen LogP contribution >= 0.6 is 24.0 Å². The first-order chi connectivity index (χ1) is 8.70. The highest BCUT2D eigenvalue weighted by Gasteiger charge is 2.08. The lowest BCUT2D eigenvalue weighted by atomic mass is 10.2. The number of nitrogens with one attached hydrogen (secondary N) is 1. The van der Waals surface area contributed by atoms with Crippen LogP contribution in [0.25, 0.3) is 11.3 Å². The van der Waals surface area contributed by atoms with E-state index >= 15 is 0 Å². The lowest BCUT2D eigenvalue weighted by Gasteiger charge is -2.09. The van der Waals surface area contributed by atoms with E-state index in [0.29, 0.717) is 11.1 Å². The quantitative estimate of drug-likeness (QED) is 0.848. The van der Waals surface area contributed by atoms with E-state index < -0.39 is 0 Å². The molecule has 1 unspecified atom stereocenters. The van der Waals surface area contributed by atoms with Gasteiger partial charge in [-0.3, -0.25) is 0 Å². The van der Waals surface area contributed by atoms with Gasteiger partial charge in [0.2, 0.25) is 0 Å². The van der Waals surface area contributed by atoms with Gasteiger partial charge in [0.05, 0.1) is 11.6 Å². The Bertz CT molecular complexity index is 510. The Labute approximate surface area is 125 Å². The number of hydrogen-bond acceptors (Lipinski definition) is 2. The van der Waals surface area contributed by atoms with Crippen LogP contribution in [-0.4, -0.2) is 6.04 Å². The fourth-order valence-corrected chi connectivity index (χ4v) is 1.93. The van der Waals surface area contributed by atoms with Gasteiger partial charge >= 0.3 is 0 Å². The van der Waals surface area contributed by atoms with Crippen LogP contribution in [0.1, 0.15) is 26.0 Å². The smallest absolute Gasteiger partial charge is 0.135 e. The van der Waals surface area contributed by atoms with Crippen molar-refractivity contribution in [2.24, 2.45) is 0 Å². The molecule has 0 aliphatic rings. The maximum Gasteiger partial charge on any atom is 0.135 e. The van der Waals surface area contributed by atoms with Gasteiger partial charge in [-0.25, -0.2) is 0 Å². The minimum Gasteiger partial charge on any atom is -0.460 e. The SMILES string of the molecule is CCC(C)NCc1ccc(-c2ccccc2Cl)o1.Cl. The maximum absolute atomic E-state index is 6.14. The standard InChI is InChI=1S/C15H18ClNO.ClH/c1-3-11(2)17-10-12-8-9-15(18-12)13-6-4-5-7-14(13)16;/h4-9,11,17H,3,10H2,1-2H3;1H. The third kappa shape index (κ3) is 4.27. The first kappa shape index (κ1) is 16.1. The first-order valence-corrected chi connectivity index (χ1v) is 6.65. The van der Waals surface area contributed by atoms with Crippen molar-refractivity contribution in [3.8, 4) is 11.3 Å². The zero-order valence-corrected chi connectivity index (χ0v) is 12.7. The van der Waals surface area contributed by atoms with E-state index in [1.54, 1.807) is 0 Å². The number of rotatable bonds is 5. The monoisotopic (exact) mass is 299 g/mol. The average Bonchev–Trinajstić information content (AvgIpc) is 2.85. The van der Waals surface area contributed by atoms with Crippen molar-refractivity contribution in [2.75, 3.05) is 0 Å². The second-order valence-electron chi connectivity index (χ2n) is 4.44. The van der Waals surface area contributed by atoms with Crippen molar-refractivity contribution in [2.45, 2.75) is 32.9 Å². The highest BCUT2D eigenvalue weighted by Crippen LogP contribution is 2.28. The van der Waals surface area contributed by atoms with Crippen LogP contribution in [0, 0.1) is 0 Å². The van der Waals surface area contributed by atoms with Crippen LogP contribution in [0.4, 0.5) is 0 Å². The van der Waals surface area contributed by atoms with Gasteiger partial charge in [-0.15, -0.1) is 12.4 Å². The van der Waals surface area contributed by atoms with Crippen molar-refractivity contribution in [3.05, 3.63) is 47.2 Å². The molecule has 1 N–H and O–H groups in total. The normalized spacial score (nSPS) is 11.9. The Balaban J connectivity index is 0.00000180. The molecule has 1 aromatic carbocycles. The van der Waals surface area contributed by atoms with Crippen molar-refractivity contribution >= 4 is 24.0 Å². The zero-order chi connectivity index (χ0) is 13.0. The van der Waals surface area contributed by atoms with E-state index in [9.17, 15) is 0 Å². The molecule has 104 valence electrons. The molecule has 0 saturated heterocycles. The molecule has 0 spiro atoms. The van der Waals surface area contributed by atoms with Gasteiger partial charge in [-0.2, -0.15) is 0 Å². The van der Waals surface area contributed by atoms with Gasteiger partial charge in [-0.05, 0) is 37.6 Å². The Morgan fingerprint density at radius 1 is 1.21 bits per heavy atom. The molecule has 0 amide bonds. The number of benzene rings is 1. The van der Waals surface area contributed by atoms with Crippen LogP contribution in [0.15, 0.2) is 40.8 Å². The molecular weight excluding hydrogens is 281 g/mol. The van der Waals surface area contributed by atoms with Crippen LogP contribution in [0.3, 0.4) is 0 Å². The highest BCUT2D eigenvalue weighted by molar-refractivity contribution is 6.33. The molecule has 0 aliphatic carbocycles. The summed E-state index contributed by atoms with van der Waals surface area (Å²) in [4.78, 5) is 0. The summed E-state index contributed by atoms with van der Waals surface area (Å²) in [5, 5.41) is 4.12. The number of halogens is 2. The first-order valence-electron chi connectivity index (χ1n) is 6.27. The summed E-state index contributed by atoms with van der Waals surface area (Å²) < 4.78 is 5.80. The molecule has 0 aliphatic heterocycles. The number of furan rings is 1. The Hall–Kier alpha value is -0.960. The van der Waals surface area contributed by atoms with Gasteiger partial charge in [-0.1, -0.05) is 30.7 Å². The van der Waals surface area contributed by atoms with Gasteiger partial charge < -0.3 is 9.73 Å². The van der Waals surface area contributed by atoms with Crippen LogP contribution in [0.2, 0.25) is 5.02 Å². The fourth-order valence-electron chi connectivity index (χ4n) is 1.70. The van der Waals surface area contributed by atoms with E-state index in [1.807, 2.05) is 36.4 Å². The van der Waals surface area contributed by atoms with Crippen LogP contribution in [-0.2, 0) is 6.54 Å². The summed E-state index contributed by atoms with van der Waals surface area (Å²) in [5.41, 5.74) is 0.939. The van der Waals surface area contributed by atoms with Crippen molar-refractivity contribution in [1.82, 2.24) is 5.32 Å². The summed E-state index contributed by atoms with van der Waals surface area (Å²) in [6.45, 7) is 5.08. The minimum atomic E-state index is 0. The highest BCUT2D eigenvalue weighted by atomic mass is 35.5. The molecule has 1 atom stereocenters. The van der Waals surface area contributed by atoms with Gasteiger partial charge in [0.1, 0.15) is 11.5 Å². The van der Waals surface area contributed by atoms with Gasteiger partial charge in [0, 0.05) is 11.6 Å². The molecule has 0 fully saturated rings. The van der Waals surface area contributed by atoms with Crippen molar-refractivity contribution in [3.63, 3.8) is 0 Å². The van der Waals surface area contributed by atoms with E-state index in [-0.39, 0.29) is 12.4 Å². The lowest BCUT2D eigenvalue weighted by Crippen LogP contribution is -2.24. The van der Waals surface area contributed by atoms with Crippen molar-refractivity contribution < 1.29 is 4.42 Å². The second-order valence-corrected chi connectivity index (χ2v) is 4.84. The Morgan fingerprint density at radius 2 is 1.95 bits per heavy atom. The summed E-state index contributed by atoms with van der Waals surface area (Å²) in [6.07, 6.45) is 1.11. The van der Waals surface area contributed by atoms with Gasteiger partial charge in [0.25, 0.3) is 0 Å². The molecule has 0 saturated carbocycles. The van der Waals surface area contributed by atoms with Crippen LogP contribution < -0.4 is 5.32 Å². The van der Waals surface area contributed by atoms with E-state index in [0.717, 1.165) is 30.0 Å². The molecule has 0 radical (unpaired) electrons. The third-order valence-electron chi connectivity index (χ3n) is 3.04. The summed E-state index contributed by atoms with van der Waals surface area (Å²) in [6, 6.07) is 12.2. The molecule has 19 heavy (non-hydrogen) atoms. The fraction of sp³-hybridized carbons (Fsp3) is 0.333. The molecule has 4 heteroatoms. The second kappa shape index (κ2) is 7.59. The third-order valence-corrected chi connectivity index (χ3v) is 3.37. The topological polar surface area (TPSA) is 25.2 Å². The molecule has 2 rings (SSSR count). The predicted octanol–water partition coefficient (Wildman–Crippen LogP) is 4.91. The largest absolute Gasteiger partial charge is 0.460 e. The molecule has 1 heterocycles. The van der Waals surface area contributed by atoms with E-state index in [1.165, 1.54) is 0 Å². The molecule has 1 aromatic heterocycles. The molecule has 2 aromatic rings. The lowest BCUT2D eigenvalue weighted by molar-refractivity contribution is 0.457. The summed E-state index contributed by atoms with van der Waals surface area (Å²) in [7, 11) is 0. The Morgan fingerprint density at radius 3 is 2.63 bits per heavy atom. The molecular formula is C15H19Cl2NO. The Kier molecular flexibility index (Phi) is 6.43. The van der Waals surface area contributed by atoms with Crippen molar-refractivity contribution in [1.29, 1.82) is 0 Å². The zero-order valence-electron chi connectivity index (χ0n) is 11.2. The predicted molar refractivity (Wildman–Crippen MR) is 83.0 cm³/mol. The number of hydrogen-bond donors (Lipinski definition) is 1. The van der Waals surface area contributed by atoms with Gasteiger partial charge in [0.15, 0.2) is 0 Å². The summed E-state index contributed by atoms with van der Waals surface area (Å²) in [5.74, 6) is 1.76. The average molecular weight is 300 g/mol. The van der Waals surface area contributed by atoms with E-state index in [4.69, 9.17) is 16.0 Å². The van der Waals surface area contributed by atoms with E-state index in [2.05, 4.69) is 19.2 Å². The van der Waals surface area contributed by atoms with Crippen LogP contribution in [0.5, 0.6) is 0 Å². The summed E-state index contributed by atoms with van der Waals surface area (Å²) >= 11 is 6.14. The minimum absolute atomic E-state index is 0. The molecule has 2 nitrogen and oxygen atoms in total. The maximum atomic E-state index is 6.14.